The van der Waals surface area contributed by atoms with E-state index in [0.29, 0.717) is 18.4 Å². The molecule has 0 aliphatic rings. The second kappa shape index (κ2) is 11.0. The molecular weight excluding hydrogens is 131 g/mol. The zero-order valence-corrected chi connectivity index (χ0v) is 6.82. The molecule has 0 aliphatic carbocycles. The lowest BCUT2D eigenvalue weighted by Gasteiger charge is -1.96. The predicted octanol–water partition coefficient (Wildman–Crippen LogP) is 2.44. The Balaban J connectivity index is 0. The van der Waals surface area contributed by atoms with Crippen molar-refractivity contribution in [3.05, 3.63) is 12.0 Å². The number of rotatable bonds is 3. The fourth-order valence-electron chi connectivity index (χ4n) is 0.282. The van der Waals surface area contributed by atoms with Crippen molar-refractivity contribution in [1.29, 1.82) is 0 Å². The first-order valence-corrected chi connectivity index (χ1v) is 3.36. The van der Waals surface area contributed by atoms with Crippen LogP contribution in [0.4, 0.5) is 4.39 Å². The van der Waals surface area contributed by atoms with E-state index in [1.165, 1.54) is 0 Å². The maximum Gasteiger partial charge on any atom is 0.107 e. The van der Waals surface area contributed by atoms with Gasteiger partial charge in [0.15, 0.2) is 0 Å². The summed E-state index contributed by atoms with van der Waals surface area (Å²) in [7, 11) is 0. The summed E-state index contributed by atoms with van der Waals surface area (Å²) >= 11 is 0. The molecule has 0 aromatic carbocycles. The molecule has 0 atom stereocenters. The molecule has 10 heavy (non-hydrogen) atoms. The SMILES string of the molecule is C=NN/C(=C\F)CC.CC. The molecule has 2 nitrogen and oxygen atoms in total. The minimum absolute atomic E-state index is 0.444. The lowest BCUT2D eigenvalue weighted by Crippen LogP contribution is -2.01. The van der Waals surface area contributed by atoms with E-state index in [2.05, 4.69) is 17.2 Å². The molecule has 0 aromatic rings. The average Bonchev–Trinajstić information content (AvgIpc) is 2.04. The Morgan fingerprint density at radius 2 is 2.20 bits per heavy atom. The van der Waals surface area contributed by atoms with Crippen LogP contribution in [-0.4, -0.2) is 6.72 Å². The van der Waals surface area contributed by atoms with E-state index >= 15 is 0 Å². The molecule has 0 bridgehead atoms. The van der Waals surface area contributed by atoms with E-state index in [1.54, 1.807) is 0 Å². The van der Waals surface area contributed by atoms with Crippen LogP contribution in [0.2, 0.25) is 0 Å². The molecular formula is C7H15FN2. The molecule has 0 aromatic heterocycles. The van der Waals surface area contributed by atoms with Crippen molar-refractivity contribution in [3.8, 4) is 0 Å². The lowest BCUT2D eigenvalue weighted by atomic mass is 10.4. The number of hydrogen-bond donors (Lipinski definition) is 1. The topological polar surface area (TPSA) is 24.4 Å². The molecule has 0 amide bonds. The van der Waals surface area contributed by atoms with Crippen molar-refractivity contribution in [2.24, 2.45) is 5.10 Å². The van der Waals surface area contributed by atoms with Crippen molar-refractivity contribution >= 4 is 6.72 Å². The Morgan fingerprint density at radius 3 is 2.30 bits per heavy atom. The summed E-state index contributed by atoms with van der Waals surface area (Å²) in [5.41, 5.74) is 2.83. The fraction of sp³-hybridized carbons (Fsp3) is 0.571. The number of nitrogens with one attached hydrogen (secondary N) is 1. The molecule has 1 N–H and O–H groups in total. The van der Waals surface area contributed by atoms with Crippen molar-refractivity contribution in [2.75, 3.05) is 0 Å². The lowest BCUT2D eigenvalue weighted by molar-refractivity contribution is 0.674. The summed E-state index contributed by atoms with van der Waals surface area (Å²) in [6.07, 6.45) is 1.09. The summed E-state index contributed by atoms with van der Waals surface area (Å²) in [6, 6.07) is 0. The monoisotopic (exact) mass is 146 g/mol. The molecule has 0 radical (unpaired) electrons. The smallest absolute Gasteiger partial charge is 0.107 e. The van der Waals surface area contributed by atoms with Gasteiger partial charge in [0.2, 0.25) is 0 Å². The van der Waals surface area contributed by atoms with E-state index in [0.717, 1.165) is 0 Å². The average molecular weight is 146 g/mol. The number of allylic oxidation sites excluding steroid dienone is 1. The van der Waals surface area contributed by atoms with Crippen LogP contribution in [0, 0.1) is 0 Å². The first kappa shape index (κ1) is 11.9. The van der Waals surface area contributed by atoms with Gasteiger partial charge in [0, 0.05) is 6.72 Å². The predicted molar refractivity (Wildman–Crippen MR) is 43.5 cm³/mol. The highest BCUT2D eigenvalue weighted by atomic mass is 19.1. The van der Waals surface area contributed by atoms with E-state index < -0.39 is 0 Å². The minimum Gasteiger partial charge on any atom is -0.281 e. The summed E-state index contributed by atoms with van der Waals surface area (Å²) in [5, 5.41) is 3.27. The largest absolute Gasteiger partial charge is 0.281 e. The molecule has 0 saturated heterocycles. The molecule has 0 heterocycles. The minimum atomic E-state index is 0.444. The number of hydrazone groups is 1. The highest BCUT2D eigenvalue weighted by Crippen LogP contribution is 1.93. The van der Waals surface area contributed by atoms with Gasteiger partial charge in [-0.15, -0.1) is 0 Å². The molecule has 0 aliphatic heterocycles. The number of halogens is 1. The van der Waals surface area contributed by atoms with Crippen molar-refractivity contribution < 1.29 is 4.39 Å². The van der Waals surface area contributed by atoms with Gasteiger partial charge in [-0.2, -0.15) is 5.10 Å². The molecule has 60 valence electrons. The molecule has 3 heteroatoms. The molecule has 0 rings (SSSR count). The van der Waals surface area contributed by atoms with Gasteiger partial charge in [-0.1, -0.05) is 20.8 Å². The third-order valence-electron chi connectivity index (χ3n) is 0.735. The summed E-state index contributed by atoms with van der Waals surface area (Å²) in [5.74, 6) is 0. The van der Waals surface area contributed by atoms with Gasteiger partial charge in [-0.3, -0.25) is 5.43 Å². The summed E-state index contributed by atoms with van der Waals surface area (Å²) in [4.78, 5) is 0. The zero-order valence-electron chi connectivity index (χ0n) is 6.82. The summed E-state index contributed by atoms with van der Waals surface area (Å²) < 4.78 is 11.5. The van der Waals surface area contributed by atoms with Gasteiger partial charge in [-0.05, 0) is 6.42 Å². The summed E-state index contributed by atoms with van der Waals surface area (Å²) in [6.45, 7) is 8.95. The first-order chi connectivity index (χ1) is 4.85. The maximum atomic E-state index is 11.5. The van der Waals surface area contributed by atoms with Crippen LogP contribution in [0.25, 0.3) is 0 Å². The van der Waals surface area contributed by atoms with Crippen LogP contribution in [0.1, 0.15) is 27.2 Å². The third kappa shape index (κ3) is 7.14. The van der Waals surface area contributed by atoms with Gasteiger partial charge in [0.1, 0.15) is 6.33 Å². The highest BCUT2D eigenvalue weighted by Gasteiger charge is 1.85. The van der Waals surface area contributed by atoms with E-state index in [9.17, 15) is 4.39 Å². The Hall–Kier alpha value is -0.860. The van der Waals surface area contributed by atoms with Gasteiger partial charge in [-0.25, -0.2) is 4.39 Å². The second-order valence-corrected chi connectivity index (χ2v) is 1.26. The zero-order chi connectivity index (χ0) is 8.41. The van der Waals surface area contributed by atoms with Gasteiger partial charge in [0.05, 0.1) is 5.70 Å². The van der Waals surface area contributed by atoms with Gasteiger partial charge < -0.3 is 0 Å². The van der Waals surface area contributed by atoms with Crippen LogP contribution in [0.3, 0.4) is 0 Å². The quantitative estimate of drug-likeness (QED) is 0.480. The Morgan fingerprint density at radius 1 is 1.70 bits per heavy atom. The Labute approximate surface area is 61.8 Å². The second-order valence-electron chi connectivity index (χ2n) is 1.26. The molecule has 0 fully saturated rings. The van der Waals surface area contributed by atoms with Gasteiger partial charge >= 0.3 is 0 Å². The van der Waals surface area contributed by atoms with Crippen LogP contribution < -0.4 is 5.43 Å². The molecule has 0 unspecified atom stereocenters. The van der Waals surface area contributed by atoms with Gasteiger partial charge in [0.25, 0.3) is 0 Å². The number of hydrogen-bond acceptors (Lipinski definition) is 2. The van der Waals surface area contributed by atoms with Crippen LogP contribution in [0.15, 0.2) is 17.1 Å². The van der Waals surface area contributed by atoms with Crippen molar-refractivity contribution in [3.63, 3.8) is 0 Å². The Bertz CT molecular complexity index is 99.8. The van der Waals surface area contributed by atoms with Crippen molar-refractivity contribution in [2.45, 2.75) is 27.2 Å². The van der Waals surface area contributed by atoms with E-state index in [-0.39, 0.29) is 0 Å². The van der Waals surface area contributed by atoms with Crippen molar-refractivity contribution in [1.82, 2.24) is 5.43 Å². The fourth-order valence-corrected chi connectivity index (χ4v) is 0.282. The Kier molecular flexibility index (Phi) is 13.1. The highest BCUT2D eigenvalue weighted by molar-refractivity contribution is 5.23. The number of nitrogens with zero attached hydrogens (tertiary/aromatic N) is 1. The van der Waals surface area contributed by atoms with E-state index in [1.807, 2.05) is 20.8 Å². The first-order valence-electron chi connectivity index (χ1n) is 3.36. The third-order valence-corrected chi connectivity index (χ3v) is 0.735. The standard InChI is InChI=1S/C5H9FN2.C2H6/c1-3-5(4-6)8-7-2;1-2/h4,8H,2-3H2,1H3;1-2H3/b5-4-;. The maximum absolute atomic E-state index is 11.5. The van der Waals surface area contributed by atoms with Crippen LogP contribution in [-0.2, 0) is 0 Å². The molecule has 0 spiro atoms. The van der Waals surface area contributed by atoms with Crippen LogP contribution >= 0.6 is 0 Å². The normalized spacial score (nSPS) is 9.40. The van der Waals surface area contributed by atoms with Crippen LogP contribution in [0.5, 0.6) is 0 Å². The van der Waals surface area contributed by atoms with E-state index in [4.69, 9.17) is 0 Å². The molecule has 0 saturated carbocycles.